The molecule has 0 saturated heterocycles. The van der Waals surface area contributed by atoms with Gasteiger partial charge in [0.15, 0.2) is 23.1 Å². The maximum Gasteiger partial charge on any atom is 0.188 e. The second-order valence-corrected chi connectivity index (χ2v) is 6.63. The van der Waals surface area contributed by atoms with Crippen molar-refractivity contribution in [1.29, 1.82) is 0 Å². The molecule has 2 aromatic heterocycles. The third-order valence-electron chi connectivity index (χ3n) is 4.70. The average Bonchev–Trinajstić information content (AvgIpc) is 3.36. The molecule has 8 nitrogen and oxygen atoms in total. The molecule has 0 radical (unpaired) electrons. The number of methoxy groups -OCH3 is 1. The molecule has 0 aliphatic rings. The highest BCUT2D eigenvalue weighted by atomic mass is 16.5. The van der Waals surface area contributed by atoms with E-state index in [4.69, 9.17) is 9.47 Å². The van der Waals surface area contributed by atoms with Gasteiger partial charge >= 0.3 is 0 Å². The summed E-state index contributed by atoms with van der Waals surface area (Å²) in [5, 5.41) is 14.0. The van der Waals surface area contributed by atoms with Gasteiger partial charge in [0.2, 0.25) is 0 Å². The molecular formula is C22H23N5O3. The second-order valence-electron chi connectivity index (χ2n) is 6.63. The van der Waals surface area contributed by atoms with Gasteiger partial charge in [0, 0.05) is 12.6 Å². The zero-order valence-corrected chi connectivity index (χ0v) is 16.9. The molecule has 8 heteroatoms. The monoisotopic (exact) mass is 405 g/mol. The van der Waals surface area contributed by atoms with Crippen LogP contribution in [0.4, 0.5) is 0 Å². The van der Waals surface area contributed by atoms with E-state index in [2.05, 4.69) is 15.1 Å². The second kappa shape index (κ2) is 8.79. The summed E-state index contributed by atoms with van der Waals surface area (Å²) >= 11 is 0. The van der Waals surface area contributed by atoms with Crippen molar-refractivity contribution < 1.29 is 14.6 Å². The van der Waals surface area contributed by atoms with Crippen LogP contribution in [0.1, 0.15) is 5.82 Å². The maximum absolute atomic E-state index is 9.47. The molecule has 0 amide bonds. The molecule has 0 bridgehead atoms. The SMILES string of the molecule is COc1ccccc1OCc1nc(-c2cnc(-c3ccccc3)n2C)n(CCO)n1. The number of aliphatic hydroxyl groups excluding tert-OH is 1. The Labute approximate surface area is 174 Å². The van der Waals surface area contributed by atoms with E-state index in [0.717, 1.165) is 17.1 Å². The topological polar surface area (TPSA) is 87.2 Å². The molecule has 0 fully saturated rings. The largest absolute Gasteiger partial charge is 0.493 e. The summed E-state index contributed by atoms with van der Waals surface area (Å²) in [6.07, 6.45) is 1.77. The minimum atomic E-state index is -0.0490. The van der Waals surface area contributed by atoms with Gasteiger partial charge in [0.1, 0.15) is 18.1 Å². The van der Waals surface area contributed by atoms with Crippen molar-refractivity contribution in [1.82, 2.24) is 24.3 Å². The van der Waals surface area contributed by atoms with Gasteiger partial charge in [-0.1, -0.05) is 42.5 Å². The third-order valence-corrected chi connectivity index (χ3v) is 4.70. The molecule has 30 heavy (non-hydrogen) atoms. The van der Waals surface area contributed by atoms with Crippen LogP contribution in [0.2, 0.25) is 0 Å². The van der Waals surface area contributed by atoms with Crippen LogP contribution in [-0.2, 0) is 20.2 Å². The van der Waals surface area contributed by atoms with Crippen LogP contribution >= 0.6 is 0 Å². The van der Waals surface area contributed by atoms with Gasteiger partial charge in [0.05, 0.1) is 26.5 Å². The molecule has 0 atom stereocenters. The Morgan fingerprint density at radius 2 is 1.70 bits per heavy atom. The molecule has 154 valence electrons. The summed E-state index contributed by atoms with van der Waals surface area (Å²) < 4.78 is 14.8. The van der Waals surface area contributed by atoms with Crippen molar-refractivity contribution >= 4 is 0 Å². The number of rotatable bonds is 8. The quantitative estimate of drug-likeness (QED) is 0.485. The van der Waals surface area contributed by atoms with Crippen LogP contribution in [-0.4, -0.2) is 43.1 Å². The van der Waals surface area contributed by atoms with Crippen LogP contribution < -0.4 is 9.47 Å². The van der Waals surface area contributed by atoms with Crippen LogP contribution in [0.3, 0.4) is 0 Å². The van der Waals surface area contributed by atoms with Crippen LogP contribution in [0.25, 0.3) is 22.9 Å². The highest BCUT2D eigenvalue weighted by Crippen LogP contribution is 2.27. The molecule has 2 heterocycles. The van der Waals surface area contributed by atoms with E-state index in [9.17, 15) is 5.11 Å². The Morgan fingerprint density at radius 1 is 0.967 bits per heavy atom. The van der Waals surface area contributed by atoms with Gasteiger partial charge in [-0.2, -0.15) is 5.10 Å². The number of ether oxygens (including phenoxy) is 2. The van der Waals surface area contributed by atoms with E-state index in [1.165, 1.54) is 0 Å². The lowest BCUT2D eigenvalue weighted by molar-refractivity contribution is 0.263. The number of hydrogen-bond acceptors (Lipinski definition) is 6. The molecular weight excluding hydrogens is 382 g/mol. The predicted octanol–water partition coefficient (Wildman–Crippen LogP) is 2.93. The summed E-state index contributed by atoms with van der Waals surface area (Å²) in [5.74, 6) is 3.22. The van der Waals surface area contributed by atoms with E-state index in [1.807, 2.05) is 66.2 Å². The Bertz CT molecular complexity index is 1120. The first-order chi connectivity index (χ1) is 14.7. The normalized spacial score (nSPS) is 10.9. The summed E-state index contributed by atoms with van der Waals surface area (Å²) in [5.41, 5.74) is 1.82. The Hall–Kier alpha value is -3.65. The van der Waals surface area contributed by atoms with Gasteiger partial charge in [-0.05, 0) is 12.1 Å². The van der Waals surface area contributed by atoms with Crippen molar-refractivity contribution in [2.45, 2.75) is 13.2 Å². The van der Waals surface area contributed by atoms with Gasteiger partial charge in [0.25, 0.3) is 0 Å². The number of aromatic nitrogens is 5. The zero-order chi connectivity index (χ0) is 20.9. The Morgan fingerprint density at radius 3 is 2.43 bits per heavy atom. The molecule has 4 rings (SSSR count). The molecule has 1 N–H and O–H groups in total. The molecule has 0 aliphatic carbocycles. The summed E-state index contributed by atoms with van der Waals surface area (Å²) in [4.78, 5) is 9.21. The highest BCUT2D eigenvalue weighted by molar-refractivity contribution is 5.61. The fourth-order valence-corrected chi connectivity index (χ4v) is 3.24. The van der Waals surface area contributed by atoms with Gasteiger partial charge in [-0.15, -0.1) is 0 Å². The summed E-state index contributed by atoms with van der Waals surface area (Å²) in [6.45, 7) is 0.449. The van der Waals surface area contributed by atoms with Crippen LogP contribution in [0, 0.1) is 0 Å². The van der Waals surface area contributed by atoms with Crippen LogP contribution in [0.15, 0.2) is 60.8 Å². The third kappa shape index (κ3) is 3.90. The standard InChI is InChI=1S/C22H23N5O3/c1-26-17(14-23-21(26)16-8-4-3-5-9-16)22-24-20(25-27(22)12-13-28)15-30-19-11-7-6-10-18(19)29-2/h3-11,14,28H,12-13,15H2,1-2H3. The van der Waals surface area contributed by atoms with Crippen molar-refractivity contribution in [3.63, 3.8) is 0 Å². The first-order valence-electron chi connectivity index (χ1n) is 9.59. The van der Waals surface area contributed by atoms with Gasteiger partial charge in [-0.25, -0.2) is 14.6 Å². The average molecular weight is 405 g/mol. The van der Waals surface area contributed by atoms with E-state index < -0.39 is 0 Å². The van der Waals surface area contributed by atoms with Gasteiger partial charge in [-0.3, -0.25) is 0 Å². The lowest BCUT2D eigenvalue weighted by Crippen LogP contribution is -2.08. The number of nitrogens with zero attached hydrogens (tertiary/aromatic N) is 5. The first kappa shape index (κ1) is 19.7. The first-order valence-corrected chi connectivity index (χ1v) is 9.59. The number of aliphatic hydroxyl groups is 1. The lowest BCUT2D eigenvalue weighted by Gasteiger charge is -2.08. The minimum Gasteiger partial charge on any atom is -0.493 e. The predicted molar refractivity (Wildman–Crippen MR) is 112 cm³/mol. The lowest BCUT2D eigenvalue weighted by atomic mass is 10.2. The number of hydrogen-bond donors (Lipinski definition) is 1. The number of para-hydroxylation sites is 2. The number of imidazole rings is 1. The molecule has 0 spiro atoms. The number of benzene rings is 2. The van der Waals surface area contributed by atoms with Crippen molar-refractivity contribution in [2.24, 2.45) is 7.05 Å². The molecule has 0 saturated carbocycles. The van der Waals surface area contributed by atoms with E-state index in [1.54, 1.807) is 18.0 Å². The van der Waals surface area contributed by atoms with E-state index >= 15 is 0 Å². The highest BCUT2D eigenvalue weighted by Gasteiger charge is 2.18. The maximum atomic E-state index is 9.47. The van der Waals surface area contributed by atoms with E-state index in [-0.39, 0.29) is 13.2 Å². The van der Waals surface area contributed by atoms with Crippen LogP contribution in [0.5, 0.6) is 11.5 Å². The molecule has 0 unspecified atom stereocenters. The summed E-state index contributed by atoms with van der Waals surface area (Å²) in [6, 6.07) is 17.4. The molecule has 0 aliphatic heterocycles. The van der Waals surface area contributed by atoms with Crippen molar-refractivity contribution in [3.05, 3.63) is 66.6 Å². The smallest absolute Gasteiger partial charge is 0.188 e. The zero-order valence-electron chi connectivity index (χ0n) is 16.9. The van der Waals surface area contributed by atoms with Crippen molar-refractivity contribution in [2.75, 3.05) is 13.7 Å². The van der Waals surface area contributed by atoms with Gasteiger partial charge < -0.3 is 19.1 Å². The fourth-order valence-electron chi connectivity index (χ4n) is 3.24. The summed E-state index contributed by atoms with van der Waals surface area (Å²) in [7, 11) is 3.54. The molecule has 4 aromatic rings. The van der Waals surface area contributed by atoms with E-state index in [0.29, 0.717) is 29.7 Å². The Kier molecular flexibility index (Phi) is 5.76. The molecule has 2 aromatic carbocycles. The minimum absolute atomic E-state index is 0.0490. The van der Waals surface area contributed by atoms with Crippen molar-refractivity contribution in [3.8, 4) is 34.4 Å². The fraction of sp³-hybridized carbons (Fsp3) is 0.227. The Balaban J connectivity index is 1.63.